The normalized spacial score (nSPS) is 27.5. The van der Waals surface area contributed by atoms with Crippen molar-refractivity contribution in [2.24, 2.45) is 5.92 Å². The van der Waals surface area contributed by atoms with Crippen LogP contribution < -0.4 is 10.1 Å². The largest absolute Gasteiger partial charge is 0.497 e. The van der Waals surface area contributed by atoms with E-state index in [9.17, 15) is 0 Å². The summed E-state index contributed by atoms with van der Waals surface area (Å²) < 4.78 is 5.22. The van der Waals surface area contributed by atoms with Crippen LogP contribution in [0.15, 0.2) is 24.3 Å². The van der Waals surface area contributed by atoms with Crippen molar-refractivity contribution in [3.05, 3.63) is 29.8 Å². The van der Waals surface area contributed by atoms with Gasteiger partial charge in [0, 0.05) is 31.7 Å². The van der Waals surface area contributed by atoms with E-state index in [0.717, 1.165) is 24.1 Å². The van der Waals surface area contributed by atoms with Crippen molar-refractivity contribution in [2.75, 3.05) is 26.7 Å². The average Bonchev–Trinajstić information content (AvgIpc) is 3.30. The third kappa shape index (κ3) is 3.33. The highest BCUT2D eigenvalue weighted by atomic mass is 16.5. The van der Waals surface area contributed by atoms with Crippen LogP contribution in [0.1, 0.15) is 25.3 Å². The van der Waals surface area contributed by atoms with Gasteiger partial charge in [-0.1, -0.05) is 12.1 Å². The van der Waals surface area contributed by atoms with Crippen LogP contribution >= 0.6 is 0 Å². The van der Waals surface area contributed by atoms with E-state index in [4.69, 9.17) is 4.74 Å². The zero-order chi connectivity index (χ0) is 13.9. The molecule has 1 aromatic rings. The summed E-state index contributed by atoms with van der Waals surface area (Å²) in [7, 11) is 1.72. The Labute approximate surface area is 122 Å². The average molecular weight is 274 g/mol. The molecule has 0 amide bonds. The molecule has 110 valence electrons. The molecule has 1 aliphatic carbocycles. The molecule has 1 saturated heterocycles. The minimum absolute atomic E-state index is 0.626. The number of methoxy groups -OCH3 is 1. The molecule has 3 rings (SSSR count). The van der Waals surface area contributed by atoms with Crippen molar-refractivity contribution >= 4 is 0 Å². The summed E-state index contributed by atoms with van der Waals surface area (Å²) in [5, 5.41) is 3.64. The lowest BCUT2D eigenvalue weighted by Gasteiger charge is -2.39. The molecule has 0 aromatic heterocycles. The second-order valence-corrected chi connectivity index (χ2v) is 6.31. The van der Waals surface area contributed by atoms with E-state index in [-0.39, 0.29) is 0 Å². The van der Waals surface area contributed by atoms with Crippen molar-refractivity contribution in [3.63, 3.8) is 0 Å². The number of rotatable bonds is 5. The number of hydrogen-bond acceptors (Lipinski definition) is 3. The Hall–Kier alpha value is -1.06. The molecule has 20 heavy (non-hydrogen) atoms. The molecule has 0 spiro atoms. The fourth-order valence-corrected chi connectivity index (χ4v) is 3.27. The number of nitrogens with zero attached hydrogens (tertiary/aromatic N) is 1. The van der Waals surface area contributed by atoms with E-state index < -0.39 is 0 Å². The van der Waals surface area contributed by atoms with Gasteiger partial charge < -0.3 is 10.1 Å². The highest BCUT2D eigenvalue weighted by molar-refractivity contribution is 5.27. The van der Waals surface area contributed by atoms with Crippen LogP contribution in [-0.2, 0) is 6.42 Å². The standard InChI is InChI=1S/C17H26N2O/c1-13-12-19(17(11-18-13)15-5-6-15)10-9-14-3-7-16(20-2)8-4-14/h3-4,7-8,13,15,17-18H,5-6,9-12H2,1-2H3. The Balaban J connectivity index is 1.57. The van der Waals surface area contributed by atoms with Crippen molar-refractivity contribution in [2.45, 2.75) is 38.3 Å². The summed E-state index contributed by atoms with van der Waals surface area (Å²) >= 11 is 0. The highest BCUT2D eigenvalue weighted by Gasteiger charge is 2.37. The summed E-state index contributed by atoms with van der Waals surface area (Å²) in [6.45, 7) is 5.84. The van der Waals surface area contributed by atoms with E-state index in [0.29, 0.717) is 6.04 Å². The first-order valence-corrected chi connectivity index (χ1v) is 7.86. The van der Waals surface area contributed by atoms with Gasteiger partial charge >= 0.3 is 0 Å². The molecule has 3 nitrogen and oxygen atoms in total. The highest BCUT2D eigenvalue weighted by Crippen LogP contribution is 2.36. The van der Waals surface area contributed by atoms with Gasteiger partial charge in [0.1, 0.15) is 5.75 Å². The zero-order valence-electron chi connectivity index (χ0n) is 12.6. The molecule has 1 heterocycles. The van der Waals surface area contributed by atoms with Crippen molar-refractivity contribution in [1.82, 2.24) is 10.2 Å². The zero-order valence-corrected chi connectivity index (χ0v) is 12.6. The van der Waals surface area contributed by atoms with Gasteiger partial charge in [-0.25, -0.2) is 0 Å². The predicted molar refractivity (Wildman–Crippen MR) is 82.2 cm³/mol. The smallest absolute Gasteiger partial charge is 0.118 e. The topological polar surface area (TPSA) is 24.5 Å². The summed E-state index contributed by atoms with van der Waals surface area (Å²) in [6.07, 6.45) is 4.00. The number of nitrogens with one attached hydrogen (secondary N) is 1. The molecule has 1 aromatic carbocycles. The Kier molecular flexibility index (Phi) is 4.27. The van der Waals surface area contributed by atoms with Gasteiger partial charge in [-0.15, -0.1) is 0 Å². The number of ether oxygens (including phenoxy) is 1. The quantitative estimate of drug-likeness (QED) is 0.892. The molecule has 1 N–H and O–H groups in total. The molecule has 2 fully saturated rings. The van der Waals surface area contributed by atoms with Crippen LogP contribution in [0.2, 0.25) is 0 Å². The van der Waals surface area contributed by atoms with Gasteiger partial charge in [0.2, 0.25) is 0 Å². The molecular formula is C17H26N2O. The monoisotopic (exact) mass is 274 g/mol. The van der Waals surface area contributed by atoms with E-state index >= 15 is 0 Å². The summed E-state index contributed by atoms with van der Waals surface area (Å²) in [5.41, 5.74) is 1.41. The Morgan fingerprint density at radius 1 is 1.25 bits per heavy atom. The van der Waals surface area contributed by atoms with Crippen LogP contribution in [-0.4, -0.2) is 43.7 Å². The van der Waals surface area contributed by atoms with Gasteiger partial charge in [-0.2, -0.15) is 0 Å². The second kappa shape index (κ2) is 6.15. The Morgan fingerprint density at radius 2 is 2.00 bits per heavy atom. The van der Waals surface area contributed by atoms with E-state index in [2.05, 4.69) is 41.4 Å². The SMILES string of the molecule is COc1ccc(CCN2CC(C)NCC2C2CC2)cc1. The van der Waals surface area contributed by atoms with E-state index in [1.165, 1.54) is 38.0 Å². The van der Waals surface area contributed by atoms with Gasteiger partial charge in [0.05, 0.1) is 7.11 Å². The molecule has 1 saturated carbocycles. The first-order valence-electron chi connectivity index (χ1n) is 7.86. The number of piperazine rings is 1. The third-order valence-electron chi connectivity index (χ3n) is 4.67. The molecular weight excluding hydrogens is 248 g/mol. The molecule has 2 unspecified atom stereocenters. The minimum atomic E-state index is 0.626. The van der Waals surface area contributed by atoms with Crippen LogP contribution in [0.3, 0.4) is 0 Å². The predicted octanol–water partition coefficient (Wildman–Crippen LogP) is 2.31. The number of benzene rings is 1. The van der Waals surface area contributed by atoms with E-state index in [1.807, 2.05) is 0 Å². The molecule has 2 atom stereocenters. The Bertz CT molecular complexity index is 427. The fraction of sp³-hybridized carbons (Fsp3) is 0.647. The molecule has 0 radical (unpaired) electrons. The summed E-state index contributed by atoms with van der Waals surface area (Å²) in [5.74, 6) is 1.89. The first kappa shape index (κ1) is 13.9. The van der Waals surface area contributed by atoms with Gasteiger partial charge in [-0.3, -0.25) is 4.90 Å². The second-order valence-electron chi connectivity index (χ2n) is 6.31. The lowest BCUT2D eigenvalue weighted by atomic mass is 10.0. The summed E-state index contributed by atoms with van der Waals surface area (Å²) in [4.78, 5) is 2.71. The van der Waals surface area contributed by atoms with Gasteiger partial charge in [0.25, 0.3) is 0 Å². The third-order valence-corrected chi connectivity index (χ3v) is 4.67. The lowest BCUT2D eigenvalue weighted by molar-refractivity contribution is 0.121. The first-order chi connectivity index (χ1) is 9.76. The van der Waals surface area contributed by atoms with Crippen LogP contribution in [0.25, 0.3) is 0 Å². The molecule has 1 aliphatic heterocycles. The summed E-state index contributed by atoms with van der Waals surface area (Å²) in [6, 6.07) is 9.90. The van der Waals surface area contributed by atoms with Crippen molar-refractivity contribution in [1.29, 1.82) is 0 Å². The maximum atomic E-state index is 5.22. The maximum absolute atomic E-state index is 5.22. The van der Waals surface area contributed by atoms with Crippen LogP contribution in [0.5, 0.6) is 5.75 Å². The van der Waals surface area contributed by atoms with Gasteiger partial charge in [-0.05, 0) is 49.8 Å². The molecule has 0 bridgehead atoms. The maximum Gasteiger partial charge on any atom is 0.118 e. The molecule has 3 heteroatoms. The van der Waals surface area contributed by atoms with Crippen LogP contribution in [0, 0.1) is 5.92 Å². The van der Waals surface area contributed by atoms with Crippen molar-refractivity contribution < 1.29 is 4.74 Å². The minimum Gasteiger partial charge on any atom is -0.497 e. The fourth-order valence-electron chi connectivity index (χ4n) is 3.27. The lowest BCUT2D eigenvalue weighted by Crippen LogP contribution is -2.56. The van der Waals surface area contributed by atoms with Crippen molar-refractivity contribution in [3.8, 4) is 5.75 Å². The Morgan fingerprint density at radius 3 is 2.65 bits per heavy atom. The van der Waals surface area contributed by atoms with Crippen LogP contribution in [0.4, 0.5) is 0 Å². The van der Waals surface area contributed by atoms with Gasteiger partial charge in [0.15, 0.2) is 0 Å². The van der Waals surface area contributed by atoms with E-state index in [1.54, 1.807) is 7.11 Å². The molecule has 2 aliphatic rings. The number of hydrogen-bond donors (Lipinski definition) is 1.